The van der Waals surface area contributed by atoms with Gasteiger partial charge in [0, 0.05) is 31.7 Å². The topological polar surface area (TPSA) is 62.7 Å². The van der Waals surface area contributed by atoms with Gasteiger partial charge in [-0.1, -0.05) is 18.5 Å². The number of carbonyl (C=O) groups excluding carboxylic acids is 1. The average Bonchev–Trinajstić information content (AvgIpc) is 2.97. The van der Waals surface area contributed by atoms with Gasteiger partial charge in [-0.05, 0) is 18.1 Å². The molecular weight excluding hydrogens is 252 g/mol. The summed E-state index contributed by atoms with van der Waals surface area (Å²) in [5, 5.41) is 7.51. The fraction of sp³-hybridized carbons (Fsp3) is 0.333. The number of nitrogens with zero attached hydrogens (tertiary/aromatic N) is 2. The van der Waals surface area contributed by atoms with E-state index >= 15 is 0 Å². The van der Waals surface area contributed by atoms with E-state index < -0.39 is 0 Å². The smallest absolute Gasteiger partial charge is 0.267 e. The summed E-state index contributed by atoms with van der Waals surface area (Å²) in [6.45, 7) is 3.43. The number of amides is 1. The molecule has 1 amide bonds. The molecule has 0 aliphatic rings. The molecule has 96 valence electrons. The highest BCUT2D eigenvalue weighted by Crippen LogP contribution is 2.09. The van der Waals surface area contributed by atoms with Gasteiger partial charge >= 0.3 is 0 Å². The number of nitrogens with one attached hydrogen (secondary N) is 2. The quantitative estimate of drug-likeness (QED) is 0.869. The fourth-order valence-corrected chi connectivity index (χ4v) is 1.82. The molecule has 0 aliphatic heterocycles. The lowest BCUT2D eigenvalue weighted by Crippen LogP contribution is -2.30. The molecule has 2 heterocycles. The minimum atomic E-state index is -0.144. The lowest BCUT2D eigenvalue weighted by molar-refractivity contribution is 0.0942. The molecule has 0 aliphatic carbocycles. The van der Waals surface area contributed by atoms with Gasteiger partial charge in [0.2, 0.25) is 0 Å². The van der Waals surface area contributed by atoms with Crippen LogP contribution in [0.4, 0.5) is 0 Å². The minimum absolute atomic E-state index is 0.144. The summed E-state index contributed by atoms with van der Waals surface area (Å²) in [5.74, 6) is 0.161. The Morgan fingerprint density at radius 2 is 2.50 bits per heavy atom. The lowest BCUT2D eigenvalue weighted by Gasteiger charge is -2.12. The molecule has 2 rings (SSSR count). The first-order valence-electron chi connectivity index (χ1n) is 5.74. The van der Waals surface area contributed by atoms with Crippen LogP contribution >= 0.6 is 11.6 Å². The molecule has 0 bridgehead atoms. The number of H-pyrrole nitrogens is 1. The van der Waals surface area contributed by atoms with Crippen LogP contribution in [-0.2, 0) is 6.54 Å². The second kappa shape index (κ2) is 5.73. The van der Waals surface area contributed by atoms with E-state index in [4.69, 9.17) is 11.6 Å². The van der Waals surface area contributed by atoms with E-state index in [9.17, 15) is 4.79 Å². The van der Waals surface area contributed by atoms with E-state index in [1.807, 2.05) is 16.9 Å². The van der Waals surface area contributed by atoms with Crippen molar-refractivity contribution >= 4 is 17.5 Å². The van der Waals surface area contributed by atoms with E-state index in [1.54, 1.807) is 18.5 Å². The van der Waals surface area contributed by atoms with Gasteiger partial charge in [0.1, 0.15) is 5.69 Å². The van der Waals surface area contributed by atoms with E-state index in [0.717, 1.165) is 6.54 Å². The van der Waals surface area contributed by atoms with Crippen molar-refractivity contribution in [3.63, 3.8) is 0 Å². The van der Waals surface area contributed by atoms with Crippen LogP contribution in [0.3, 0.4) is 0 Å². The Kier molecular flexibility index (Phi) is 4.04. The van der Waals surface area contributed by atoms with Crippen molar-refractivity contribution in [2.24, 2.45) is 5.92 Å². The summed E-state index contributed by atoms with van der Waals surface area (Å²) in [6.07, 6.45) is 5.24. The van der Waals surface area contributed by atoms with Crippen LogP contribution in [0.2, 0.25) is 5.02 Å². The first-order valence-corrected chi connectivity index (χ1v) is 6.12. The van der Waals surface area contributed by atoms with E-state index in [0.29, 0.717) is 23.2 Å². The monoisotopic (exact) mass is 266 g/mol. The Hall–Kier alpha value is -1.75. The van der Waals surface area contributed by atoms with Gasteiger partial charge in [0.15, 0.2) is 0 Å². The van der Waals surface area contributed by atoms with Crippen LogP contribution < -0.4 is 5.32 Å². The summed E-state index contributed by atoms with van der Waals surface area (Å²) in [7, 11) is 0. The molecule has 0 aromatic carbocycles. The molecular formula is C12H15ClN4O. The third kappa shape index (κ3) is 3.37. The van der Waals surface area contributed by atoms with Crippen molar-refractivity contribution in [3.8, 4) is 0 Å². The predicted octanol–water partition coefficient (Wildman–Crippen LogP) is 1.93. The maximum atomic E-state index is 11.7. The number of hydrogen-bond donors (Lipinski definition) is 2. The second-order valence-corrected chi connectivity index (χ2v) is 4.71. The molecule has 6 heteroatoms. The van der Waals surface area contributed by atoms with Gasteiger partial charge in [0.25, 0.3) is 5.91 Å². The number of rotatable bonds is 5. The number of hydrogen-bond acceptors (Lipinski definition) is 2. The van der Waals surface area contributed by atoms with Gasteiger partial charge in [-0.3, -0.25) is 9.48 Å². The summed E-state index contributed by atoms with van der Waals surface area (Å²) in [5.41, 5.74) is 0.478. The fourth-order valence-electron chi connectivity index (χ4n) is 1.65. The van der Waals surface area contributed by atoms with Crippen LogP contribution in [0.15, 0.2) is 30.7 Å². The summed E-state index contributed by atoms with van der Waals surface area (Å²) in [6, 6.07) is 3.49. The molecule has 0 saturated carbocycles. The minimum Gasteiger partial charge on any atom is -0.356 e. The highest BCUT2D eigenvalue weighted by molar-refractivity contribution is 6.30. The van der Waals surface area contributed by atoms with Crippen LogP contribution in [0, 0.1) is 5.92 Å². The van der Waals surface area contributed by atoms with Crippen LogP contribution in [0.25, 0.3) is 0 Å². The molecule has 1 atom stereocenters. The summed E-state index contributed by atoms with van der Waals surface area (Å²) >= 11 is 5.74. The zero-order valence-corrected chi connectivity index (χ0v) is 10.8. The Morgan fingerprint density at radius 3 is 3.11 bits per heavy atom. The van der Waals surface area contributed by atoms with Crippen molar-refractivity contribution in [3.05, 3.63) is 41.4 Å². The molecule has 2 N–H and O–H groups in total. The van der Waals surface area contributed by atoms with Crippen LogP contribution in [-0.4, -0.2) is 27.2 Å². The molecule has 0 fully saturated rings. The average molecular weight is 267 g/mol. The van der Waals surface area contributed by atoms with Gasteiger partial charge < -0.3 is 10.3 Å². The van der Waals surface area contributed by atoms with Gasteiger partial charge in [-0.15, -0.1) is 0 Å². The Labute approximate surface area is 110 Å². The standard InChI is InChI=1S/C12H15ClN4O/c1-9(8-17-4-2-3-16-17)6-15-12(18)11-5-10(13)7-14-11/h2-5,7,9,14H,6,8H2,1H3,(H,15,18). The first kappa shape index (κ1) is 12.7. The van der Waals surface area contributed by atoms with Crippen molar-refractivity contribution in [2.45, 2.75) is 13.5 Å². The predicted molar refractivity (Wildman–Crippen MR) is 69.5 cm³/mol. The molecule has 0 saturated heterocycles. The lowest BCUT2D eigenvalue weighted by atomic mass is 10.2. The maximum Gasteiger partial charge on any atom is 0.267 e. The zero-order chi connectivity index (χ0) is 13.0. The highest BCUT2D eigenvalue weighted by Gasteiger charge is 2.10. The van der Waals surface area contributed by atoms with Crippen LogP contribution in [0.1, 0.15) is 17.4 Å². The van der Waals surface area contributed by atoms with Crippen molar-refractivity contribution in [2.75, 3.05) is 6.54 Å². The third-order valence-electron chi connectivity index (χ3n) is 2.56. The highest BCUT2D eigenvalue weighted by atomic mass is 35.5. The number of carbonyl (C=O) groups is 1. The summed E-state index contributed by atoms with van der Waals surface area (Å²) < 4.78 is 1.85. The third-order valence-corrected chi connectivity index (χ3v) is 2.78. The molecule has 2 aromatic heterocycles. The normalized spacial score (nSPS) is 12.3. The molecule has 0 spiro atoms. The van der Waals surface area contributed by atoms with E-state index in [-0.39, 0.29) is 5.91 Å². The van der Waals surface area contributed by atoms with Gasteiger partial charge in [0.05, 0.1) is 5.02 Å². The largest absolute Gasteiger partial charge is 0.356 e. The Morgan fingerprint density at radius 1 is 1.67 bits per heavy atom. The van der Waals surface area contributed by atoms with Crippen molar-refractivity contribution in [1.29, 1.82) is 0 Å². The SMILES string of the molecule is CC(CNC(=O)c1cc(Cl)c[nH]1)Cn1cccn1. The Balaban J connectivity index is 1.79. The summed E-state index contributed by atoms with van der Waals surface area (Å²) in [4.78, 5) is 14.6. The molecule has 18 heavy (non-hydrogen) atoms. The Bertz CT molecular complexity index is 506. The molecule has 2 aromatic rings. The second-order valence-electron chi connectivity index (χ2n) is 4.27. The first-order chi connectivity index (χ1) is 8.65. The number of aromatic amines is 1. The molecule has 0 radical (unpaired) electrons. The van der Waals surface area contributed by atoms with Gasteiger partial charge in [-0.25, -0.2) is 0 Å². The molecule has 1 unspecified atom stereocenters. The van der Waals surface area contributed by atoms with E-state index in [2.05, 4.69) is 22.3 Å². The molecule has 5 nitrogen and oxygen atoms in total. The van der Waals surface area contributed by atoms with Crippen molar-refractivity contribution in [1.82, 2.24) is 20.1 Å². The maximum absolute atomic E-state index is 11.7. The number of aromatic nitrogens is 3. The van der Waals surface area contributed by atoms with E-state index in [1.165, 1.54) is 0 Å². The van der Waals surface area contributed by atoms with Gasteiger partial charge in [-0.2, -0.15) is 5.10 Å². The van der Waals surface area contributed by atoms with Crippen LogP contribution in [0.5, 0.6) is 0 Å². The van der Waals surface area contributed by atoms with Crippen molar-refractivity contribution < 1.29 is 4.79 Å². The zero-order valence-electron chi connectivity index (χ0n) is 10.1. The number of halogens is 1.